The molecule has 0 N–H and O–H groups in total. The van der Waals surface area contributed by atoms with Crippen molar-refractivity contribution in [1.29, 1.82) is 0 Å². The summed E-state index contributed by atoms with van der Waals surface area (Å²) in [7, 11) is 0. The van der Waals surface area contributed by atoms with E-state index in [-0.39, 0.29) is 22.4 Å². The van der Waals surface area contributed by atoms with Crippen molar-refractivity contribution in [2.45, 2.75) is 62.0 Å². The quantitative estimate of drug-likeness (QED) is 0.319. The van der Waals surface area contributed by atoms with Crippen molar-refractivity contribution in [3.05, 3.63) is 61.7 Å². The van der Waals surface area contributed by atoms with E-state index in [1.807, 2.05) is 10.6 Å². The number of non-ortho nitro benzene ring substituents is 1. The molecule has 2 aliphatic rings. The van der Waals surface area contributed by atoms with Gasteiger partial charge in [0.1, 0.15) is 5.03 Å². The van der Waals surface area contributed by atoms with Gasteiger partial charge in [-0.2, -0.15) is 4.98 Å². The third kappa shape index (κ3) is 4.12. The molecule has 2 heterocycles. The van der Waals surface area contributed by atoms with E-state index < -0.39 is 0 Å². The predicted molar refractivity (Wildman–Crippen MR) is 107 cm³/mol. The number of thioether (sulfide) groups is 1. The first-order valence-corrected chi connectivity index (χ1v) is 10.7. The van der Waals surface area contributed by atoms with E-state index in [9.17, 15) is 14.9 Å². The van der Waals surface area contributed by atoms with Crippen LogP contribution in [0.1, 0.15) is 42.5 Å². The molecule has 0 spiro atoms. The summed E-state index contributed by atoms with van der Waals surface area (Å²) in [5.41, 5.74) is 2.99. The zero-order valence-corrected chi connectivity index (χ0v) is 16.5. The van der Waals surface area contributed by atoms with Crippen LogP contribution in [0.2, 0.25) is 0 Å². The lowest BCUT2D eigenvalue weighted by atomic mass is 9.97. The molecule has 4 rings (SSSR count). The Balaban J connectivity index is 1.59. The van der Waals surface area contributed by atoms with E-state index in [1.54, 1.807) is 12.1 Å². The number of hydrogen-bond donors (Lipinski definition) is 0. The van der Waals surface area contributed by atoms with Crippen LogP contribution >= 0.6 is 11.8 Å². The first kappa shape index (κ1) is 19.1. The minimum Gasteiger partial charge on any atom is -0.376 e. The number of aromatic nitrogens is 2. The molecule has 1 saturated heterocycles. The molecule has 8 heteroatoms. The largest absolute Gasteiger partial charge is 0.376 e. The van der Waals surface area contributed by atoms with Crippen LogP contribution in [0.4, 0.5) is 5.69 Å². The number of nitro groups is 1. The zero-order chi connectivity index (χ0) is 19.5. The molecule has 28 heavy (non-hydrogen) atoms. The van der Waals surface area contributed by atoms with Gasteiger partial charge in [-0.25, -0.2) is 4.79 Å². The summed E-state index contributed by atoms with van der Waals surface area (Å²) in [6.45, 7) is 1.36. The Morgan fingerprint density at radius 2 is 2.14 bits per heavy atom. The van der Waals surface area contributed by atoms with Gasteiger partial charge in [0.2, 0.25) is 0 Å². The van der Waals surface area contributed by atoms with Crippen LogP contribution < -0.4 is 5.69 Å². The van der Waals surface area contributed by atoms with Crippen LogP contribution in [0.5, 0.6) is 0 Å². The van der Waals surface area contributed by atoms with Crippen LogP contribution in [0.25, 0.3) is 0 Å². The van der Waals surface area contributed by atoms with Crippen LogP contribution in [0, 0.1) is 10.1 Å². The average Bonchev–Trinajstić information content (AvgIpc) is 3.22. The van der Waals surface area contributed by atoms with Crippen LogP contribution in [-0.2, 0) is 29.9 Å². The van der Waals surface area contributed by atoms with Crippen molar-refractivity contribution < 1.29 is 9.66 Å². The third-order valence-corrected chi connectivity index (χ3v) is 6.45. The van der Waals surface area contributed by atoms with E-state index in [0.29, 0.717) is 12.3 Å². The number of rotatable bonds is 6. The third-order valence-electron chi connectivity index (χ3n) is 5.36. The molecule has 1 aliphatic heterocycles. The molecule has 1 aromatic carbocycles. The molecule has 1 atom stereocenters. The highest BCUT2D eigenvalue weighted by Gasteiger charge is 2.24. The van der Waals surface area contributed by atoms with Crippen LogP contribution in [0.3, 0.4) is 0 Å². The monoisotopic (exact) mass is 401 g/mol. The number of hydrogen-bond acceptors (Lipinski definition) is 6. The van der Waals surface area contributed by atoms with Gasteiger partial charge in [-0.3, -0.25) is 14.7 Å². The highest BCUT2D eigenvalue weighted by molar-refractivity contribution is 7.98. The molecule has 1 fully saturated rings. The Morgan fingerprint density at radius 1 is 1.29 bits per heavy atom. The van der Waals surface area contributed by atoms with Gasteiger partial charge in [0.15, 0.2) is 0 Å². The van der Waals surface area contributed by atoms with Gasteiger partial charge in [-0.05, 0) is 44.1 Å². The molecule has 0 radical (unpaired) electrons. The van der Waals surface area contributed by atoms with Crippen molar-refractivity contribution in [3.63, 3.8) is 0 Å². The predicted octanol–water partition coefficient (Wildman–Crippen LogP) is 3.50. The number of nitrogens with zero attached hydrogens (tertiary/aromatic N) is 3. The summed E-state index contributed by atoms with van der Waals surface area (Å²) >= 11 is 1.50. The second-order valence-electron chi connectivity index (χ2n) is 7.29. The van der Waals surface area contributed by atoms with Gasteiger partial charge >= 0.3 is 5.69 Å². The molecule has 7 nitrogen and oxygen atoms in total. The van der Waals surface area contributed by atoms with Crippen LogP contribution in [-0.4, -0.2) is 27.2 Å². The fraction of sp³-hybridized carbons (Fsp3) is 0.500. The maximum atomic E-state index is 12.7. The molecule has 2 aromatic rings. The molecule has 1 aromatic heterocycles. The smallest absolute Gasteiger partial charge is 0.348 e. The number of nitro benzene ring substituents is 1. The van der Waals surface area contributed by atoms with E-state index in [1.165, 1.54) is 23.4 Å². The number of fused-ring (bicyclic) bond motifs is 1. The fourth-order valence-electron chi connectivity index (χ4n) is 3.96. The summed E-state index contributed by atoms with van der Waals surface area (Å²) < 4.78 is 7.54. The summed E-state index contributed by atoms with van der Waals surface area (Å²) in [5, 5.41) is 11.7. The van der Waals surface area contributed by atoms with Crippen LogP contribution in [0.15, 0.2) is 34.1 Å². The molecule has 0 bridgehead atoms. The molecular weight excluding hydrogens is 378 g/mol. The minimum atomic E-state index is -0.388. The summed E-state index contributed by atoms with van der Waals surface area (Å²) in [6.07, 6.45) is 6.13. The lowest BCUT2D eigenvalue weighted by molar-refractivity contribution is -0.384. The molecule has 0 unspecified atom stereocenters. The van der Waals surface area contributed by atoms with Crippen molar-refractivity contribution in [2.75, 3.05) is 6.61 Å². The molecule has 148 valence electrons. The standard InChI is InChI=1S/C20H23N3O4S/c24-20-21-19(28-13-14-5-3-6-15(11-14)23(25)26)17-8-1-2-9-18(17)22(20)12-16-7-4-10-27-16/h3,5-6,11,16H,1-2,4,7-10,12-13H2/t16-/m0/s1. The van der Waals surface area contributed by atoms with Gasteiger partial charge < -0.3 is 4.74 Å². The van der Waals surface area contributed by atoms with Gasteiger partial charge in [0.25, 0.3) is 5.69 Å². The topological polar surface area (TPSA) is 87.3 Å². The van der Waals surface area contributed by atoms with Crippen molar-refractivity contribution >= 4 is 17.4 Å². The summed E-state index contributed by atoms with van der Waals surface area (Å²) in [5.74, 6) is 0.552. The molecule has 1 aliphatic carbocycles. The SMILES string of the molecule is O=c1nc(SCc2cccc([N+](=O)[O-])c2)c2c(n1C[C@@H]1CCCO1)CCCC2. The van der Waals surface area contributed by atoms with Gasteiger partial charge in [0, 0.05) is 35.7 Å². The highest BCUT2D eigenvalue weighted by Crippen LogP contribution is 2.31. The number of benzene rings is 1. The minimum absolute atomic E-state index is 0.0834. The van der Waals surface area contributed by atoms with Gasteiger partial charge in [-0.15, -0.1) is 11.8 Å². The van der Waals surface area contributed by atoms with Crippen molar-refractivity contribution in [1.82, 2.24) is 9.55 Å². The summed E-state index contributed by atoms with van der Waals surface area (Å²) in [6, 6.07) is 6.63. The Bertz CT molecular complexity index is 938. The first-order valence-electron chi connectivity index (χ1n) is 9.72. The van der Waals surface area contributed by atoms with E-state index >= 15 is 0 Å². The van der Waals surface area contributed by atoms with Gasteiger partial charge in [0.05, 0.1) is 17.6 Å². The second kappa shape index (κ2) is 8.45. The van der Waals surface area contributed by atoms with E-state index in [0.717, 1.165) is 61.4 Å². The van der Waals surface area contributed by atoms with E-state index in [2.05, 4.69) is 4.98 Å². The van der Waals surface area contributed by atoms with E-state index in [4.69, 9.17) is 4.74 Å². The van der Waals surface area contributed by atoms with Crippen molar-refractivity contribution in [2.24, 2.45) is 0 Å². The number of ether oxygens (including phenoxy) is 1. The molecule has 0 saturated carbocycles. The average molecular weight is 401 g/mol. The Hall–Kier alpha value is -2.19. The Labute approximate surface area is 167 Å². The first-order chi connectivity index (χ1) is 13.6. The Kier molecular flexibility index (Phi) is 5.77. The summed E-state index contributed by atoms with van der Waals surface area (Å²) in [4.78, 5) is 27.7. The second-order valence-corrected chi connectivity index (χ2v) is 8.26. The Morgan fingerprint density at radius 3 is 2.93 bits per heavy atom. The lowest BCUT2D eigenvalue weighted by Crippen LogP contribution is -2.33. The van der Waals surface area contributed by atoms with Crippen molar-refractivity contribution in [3.8, 4) is 0 Å². The van der Waals surface area contributed by atoms with Gasteiger partial charge in [-0.1, -0.05) is 12.1 Å². The fourth-order valence-corrected chi connectivity index (χ4v) is 4.98. The lowest BCUT2D eigenvalue weighted by Gasteiger charge is -2.24. The normalized spacial score (nSPS) is 18.8. The molecule has 0 amide bonds. The maximum absolute atomic E-state index is 12.7. The molecular formula is C20H23N3O4S. The zero-order valence-electron chi connectivity index (χ0n) is 15.6. The maximum Gasteiger partial charge on any atom is 0.348 e. The highest BCUT2D eigenvalue weighted by atomic mass is 32.2.